The molecule has 32 heavy (non-hydrogen) atoms. The summed E-state index contributed by atoms with van der Waals surface area (Å²) >= 11 is 0. The average Bonchev–Trinajstić information content (AvgIpc) is 3.13. The molecule has 0 radical (unpaired) electrons. The fraction of sp³-hybridized carbons (Fsp3) is 0.208. The molecular formula is C24H25N7O. The van der Waals surface area contributed by atoms with Gasteiger partial charge in [-0.05, 0) is 51.5 Å². The van der Waals surface area contributed by atoms with E-state index in [9.17, 15) is 4.79 Å². The van der Waals surface area contributed by atoms with Gasteiger partial charge in [-0.25, -0.2) is 15.0 Å². The predicted octanol–water partition coefficient (Wildman–Crippen LogP) is 4.01. The van der Waals surface area contributed by atoms with Crippen molar-refractivity contribution < 1.29 is 4.79 Å². The Kier molecular flexibility index (Phi) is 5.22. The number of nitrogens with zero attached hydrogens (tertiary/aromatic N) is 5. The van der Waals surface area contributed by atoms with Gasteiger partial charge in [0.05, 0.1) is 16.6 Å². The van der Waals surface area contributed by atoms with Crippen molar-refractivity contribution in [1.29, 1.82) is 0 Å². The van der Waals surface area contributed by atoms with Crippen LogP contribution in [-0.4, -0.2) is 31.3 Å². The van der Waals surface area contributed by atoms with Gasteiger partial charge in [-0.2, -0.15) is 4.99 Å². The van der Waals surface area contributed by atoms with Gasteiger partial charge >= 0.3 is 0 Å². The third-order valence-corrected chi connectivity index (χ3v) is 5.01. The van der Waals surface area contributed by atoms with Crippen LogP contribution in [0.3, 0.4) is 0 Å². The highest BCUT2D eigenvalue weighted by atomic mass is 16.1. The van der Waals surface area contributed by atoms with E-state index in [1.54, 1.807) is 31.5 Å². The normalized spacial score (nSPS) is 12.3. The second-order valence-corrected chi connectivity index (χ2v) is 8.58. The first kappa shape index (κ1) is 21.2. The molecule has 0 saturated heterocycles. The fourth-order valence-corrected chi connectivity index (χ4v) is 3.69. The van der Waals surface area contributed by atoms with Gasteiger partial charge < -0.3 is 16.0 Å². The summed E-state index contributed by atoms with van der Waals surface area (Å²) in [6, 6.07) is 13.3. The third kappa shape index (κ3) is 3.94. The maximum Gasteiger partial charge on any atom is 0.279 e. The second kappa shape index (κ2) is 7.88. The molecular weight excluding hydrogens is 402 g/mol. The number of nitrogen functional groups attached to an aromatic ring is 1. The zero-order chi connectivity index (χ0) is 23.0. The first-order valence-electron chi connectivity index (χ1n) is 10.2. The van der Waals surface area contributed by atoms with Gasteiger partial charge in [0.2, 0.25) is 5.95 Å². The number of aromatic nitrogens is 4. The molecule has 2 aromatic carbocycles. The lowest BCUT2D eigenvalue weighted by molar-refractivity contribution is 0.100. The molecule has 0 aliphatic carbocycles. The van der Waals surface area contributed by atoms with Crippen LogP contribution >= 0.6 is 0 Å². The number of benzene rings is 2. The van der Waals surface area contributed by atoms with Crippen LogP contribution in [0.15, 0.2) is 59.9 Å². The van der Waals surface area contributed by atoms with Crippen LogP contribution in [0.5, 0.6) is 0 Å². The fourth-order valence-electron chi connectivity index (χ4n) is 3.69. The van der Waals surface area contributed by atoms with Crippen molar-refractivity contribution in [3.63, 3.8) is 0 Å². The Labute approximate surface area is 186 Å². The molecule has 0 saturated carbocycles. The third-order valence-electron chi connectivity index (χ3n) is 5.01. The van der Waals surface area contributed by atoms with E-state index in [0.717, 1.165) is 22.2 Å². The highest BCUT2D eigenvalue weighted by Gasteiger charge is 2.25. The first-order chi connectivity index (χ1) is 15.1. The van der Waals surface area contributed by atoms with E-state index in [1.807, 2.05) is 30.3 Å². The first-order valence-corrected chi connectivity index (χ1v) is 10.2. The van der Waals surface area contributed by atoms with Crippen LogP contribution in [0.1, 0.15) is 38.1 Å². The summed E-state index contributed by atoms with van der Waals surface area (Å²) in [4.78, 5) is 29.8. The Morgan fingerprint density at radius 2 is 1.72 bits per heavy atom. The Morgan fingerprint density at radius 3 is 2.38 bits per heavy atom. The number of nitrogens with two attached hydrogens (primary N) is 2. The van der Waals surface area contributed by atoms with Crippen LogP contribution in [0, 0.1) is 0 Å². The van der Waals surface area contributed by atoms with Crippen molar-refractivity contribution in [3.8, 4) is 22.5 Å². The van der Waals surface area contributed by atoms with Crippen molar-refractivity contribution in [1.82, 2.24) is 19.5 Å². The molecule has 0 atom stereocenters. The number of fused-ring (bicyclic) bond motifs is 1. The van der Waals surface area contributed by atoms with Crippen LogP contribution in [0.4, 0.5) is 5.95 Å². The van der Waals surface area contributed by atoms with Crippen molar-refractivity contribution in [2.75, 3.05) is 5.73 Å². The van der Waals surface area contributed by atoms with Gasteiger partial charge in [-0.15, -0.1) is 0 Å². The lowest BCUT2D eigenvalue weighted by Gasteiger charge is -2.25. The summed E-state index contributed by atoms with van der Waals surface area (Å²) in [6.45, 7) is 7.90. The molecule has 4 N–H and O–H groups in total. The van der Waals surface area contributed by atoms with Gasteiger partial charge in [0.1, 0.15) is 11.7 Å². The number of carbonyl (C=O) groups is 1. The van der Waals surface area contributed by atoms with Crippen LogP contribution < -0.4 is 11.5 Å². The maximum absolute atomic E-state index is 12.8. The molecule has 8 heteroatoms. The van der Waals surface area contributed by atoms with Gasteiger partial charge in [0.25, 0.3) is 5.91 Å². The summed E-state index contributed by atoms with van der Waals surface area (Å²) in [5.41, 5.74) is 15.6. The Morgan fingerprint density at radius 1 is 1.03 bits per heavy atom. The van der Waals surface area contributed by atoms with E-state index >= 15 is 0 Å². The summed E-state index contributed by atoms with van der Waals surface area (Å²) in [6.07, 6.45) is 3.37. The van der Waals surface area contributed by atoms with Gasteiger partial charge in [0.15, 0.2) is 0 Å². The molecule has 2 aromatic heterocycles. The molecule has 8 nitrogen and oxygen atoms in total. The van der Waals surface area contributed by atoms with E-state index in [2.05, 4.69) is 40.3 Å². The number of hydrogen-bond donors (Lipinski definition) is 2. The monoisotopic (exact) mass is 427 g/mol. The SMILES string of the molecule is CC(N)=NC(=O)c1ccccc1-c1nc2cc(-c3cnc(N)nc3)ccc2n1C(C)(C)C. The Balaban J connectivity index is 1.95. The minimum absolute atomic E-state index is 0.212. The van der Waals surface area contributed by atoms with E-state index in [4.69, 9.17) is 16.5 Å². The van der Waals surface area contributed by atoms with Gasteiger partial charge in [-0.1, -0.05) is 24.3 Å². The Hall–Kier alpha value is -4.07. The van der Waals surface area contributed by atoms with Crippen molar-refractivity contribution in [2.45, 2.75) is 33.2 Å². The lowest BCUT2D eigenvalue weighted by Crippen LogP contribution is -2.23. The number of rotatable bonds is 3. The van der Waals surface area contributed by atoms with Crippen molar-refractivity contribution in [2.24, 2.45) is 10.7 Å². The molecule has 4 aromatic rings. The lowest BCUT2D eigenvalue weighted by atomic mass is 10.0. The zero-order valence-electron chi connectivity index (χ0n) is 18.5. The highest BCUT2D eigenvalue weighted by molar-refractivity contribution is 6.06. The van der Waals surface area contributed by atoms with E-state index in [-0.39, 0.29) is 17.3 Å². The topological polar surface area (TPSA) is 125 Å². The number of imidazole rings is 1. The summed E-state index contributed by atoms with van der Waals surface area (Å²) < 4.78 is 2.14. The molecule has 4 rings (SSSR count). The minimum Gasteiger partial charge on any atom is -0.387 e. The predicted molar refractivity (Wildman–Crippen MR) is 127 cm³/mol. The maximum atomic E-state index is 12.8. The largest absolute Gasteiger partial charge is 0.387 e. The number of amides is 1. The number of amidine groups is 1. The van der Waals surface area contributed by atoms with E-state index < -0.39 is 5.91 Å². The van der Waals surface area contributed by atoms with Crippen LogP contribution in [0.25, 0.3) is 33.5 Å². The smallest absolute Gasteiger partial charge is 0.279 e. The number of carbonyl (C=O) groups excluding carboxylic acids is 1. The molecule has 1 amide bonds. The van der Waals surface area contributed by atoms with E-state index in [0.29, 0.717) is 17.0 Å². The van der Waals surface area contributed by atoms with Crippen LogP contribution in [-0.2, 0) is 5.54 Å². The van der Waals surface area contributed by atoms with Crippen molar-refractivity contribution >= 4 is 28.7 Å². The summed E-state index contributed by atoms with van der Waals surface area (Å²) in [7, 11) is 0. The molecule has 0 aliphatic heterocycles. The molecule has 162 valence electrons. The summed E-state index contributed by atoms with van der Waals surface area (Å²) in [5, 5.41) is 0. The Bertz CT molecular complexity index is 1340. The molecule has 0 fully saturated rings. The number of aliphatic imine (C=N–C) groups is 1. The number of anilines is 1. The second-order valence-electron chi connectivity index (χ2n) is 8.58. The van der Waals surface area contributed by atoms with Crippen molar-refractivity contribution in [3.05, 3.63) is 60.4 Å². The van der Waals surface area contributed by atoms with Gasteiger partial charge in [-0.3, -0.25) is 4.79 Å². The average molecular weight is 428 g/mol. The molecule has 2 heterocycles. The summed E-state index contributed by atoms with van der Waals surface area (Å²) in [5.74, 6) is 0.732. The molecule has 0 bridgehead atoms. The zero-order valence-corrected chi connectivity index (χ0v) is 18.5. The van der Waals surface area contributed by atoms with E-state index in [1.165, 1.54) is 0 Å². The molecule has 0 spiro atoms. The number of hydrogen-bond acceptors (Lipinski definition) is 5. The standard InChI is InChI=1S/C24H25N7O/c1-14(25)29-22(32)18-8-6-5-7-17(18)21-30-19-11-15(16-12-27-23(26)28-13-16)9-10-20(19)31(21)24(2,3)4/h5-13H,1-4H3,(H2,25,29,32)(H2,26,27,28). The highest BCUT2D eigenvalue weighted by Crippen LogP contribution is 2.34. The molecule has 0 aliphatic rings. The quantitative estimate of drug-likeness (QED) is 0.376. The van der Waals surface area contributed by atoms with Gasteiger partial charge in [0, 0.05) is 29.1 Å². The minimum atomic E-state index is -0.396. The molecule has 0 unspecified atom stereocenters. The van der Waals surface area contributed by atoms with Crippen LogP contribution in [0.2, 0.25) is 0 Å².